The summed E-state index contributed by atoms with van der Waals surface area (Å²) in [5.74, 6) is 1.02. The molecule has 2 rings (SSSR count). The van der Waals surface area contributed by atoms with Crippen molar-refractivity contribution in [2.75, 3.05) is 6.54 Å². The lowest BCUT2D eigenvalue weighted by atomic mass is 10.2. The third kappa shape index (κ3) is 3.89. The quantitative estimate of drug-likeness (QED) is 0.800. The van der Waals surface area contributed by atoms with Crippen LogP contribution in [0.4, 0.5) is 0 Å². The minimum Gasteiger partial charge on any atom is -0.313 e. The summed E-state index contributed by atoms with van der Waals surface area (Å²) in [6.45, 7) is 2.12. The zero-order chi connectivity index (χ0) is 10.7. The van der Waals surface area contributed by atoms with Crippen molar-refractivity contribution in [3.8, 4) is 0 Å². The molecule has 15 heavy (non-hydrogen) atoms. The average molecular weight is 333 g/mol. The highest BCUT2D eigenvalue weighted by atomic mass is 79.9. The van der Waals surface area contributed by atoms with Gasteiger partial charge in [-0.25, -0.2) is 0 Å². The zero-order valence-corrected chi connectivity index (χ0v) is 11.8. The van der Waals surface area contributed by atoms with Gasteiger partial charge in [-0.3, -0.25) is 0 Å². The first-order chi connectivity index (χ1) is 7.25. The number of nitrogens with one attached hydrogen (secondary N) is 1. The lowest BCUT2D eigenvalue weighted by molar-refractivity contribution is 0.613. The summed E-state index contributed by atoms with van der Waals surface area (Å²) in [6.07, 6.45) is 4.24. The maximum absolute atomic E-state index is 3.51. The first-order valence-electron chi connectivity index (χ1n) is 5.40. The fraction of sp³-hybridized carbons (Fsp3) is 0.500. The molecule has 0 unspecified atom stereocenters. The molecule has 1 aliphatic rings. The Bertz CT molecular complexity index is 334. The maximum atomic E-state index is 3.51. The molecular weight excluding hydrogens is 318 g/mol. The van der Waals surface area contributed by atoms with Gasteiger partial charge in [0, 0.05) is 15.5 Å². The zero-order valence-electron chi connectivity index (χ0n) is 8.60. The smallest absolute Gasteiger partial charge is 0.0320 e. The molecule has 1 saturated carbocycles. The molecular formula is C12H15Br2N. The van der Waals surface area contributed by atoms with Gasteiger partial charge in [0.05, 0.1) is 0 Å². The van der Waals surface area contributed by atoms with E-state index in [1.54, 1.807) is 0 Å². The highest BCUT2D eigenvalue weighted by Crippen LogP contribution is 2.31. The van der Waals surface area contributed by atoms with Crippen LogP contribution >= 0.6 is 31.9 Å². The van der Waals surface area contributed by atoms with Crippen molar-refractivity contribution in [2.45, 2.75) is 25.8 Å². The Morgan fingerprint density at radius 2 is 2.00 bits per heavy atom. The second kappa shape index (κ2) is 5.46. The topological polar surface area (TPSA) is 12.0 Å². The van der Waals surface area contributed by atoms with Crippen LogP contribution in [-0.4, -0.2) is 6.54 Å². The number of halogens is 2. The Morgan fingerprint density at radius 3 is 2.67 bits per heavy atom. The van der Waals surface area contributed by atoms with Crippen LogP contribution in [0.1, 0.15) is 24.8 Å². The Balaban J connectivity index is 1.74. The van der Waals surface area contributed by atoms with Gasteiger partial charge in [-0.1, -0.05) is 18.9 Å². The van der Waals surface area contributed by atoms with Crippen LogP contribution in [0, 0.1) is 5.92 Å². The molecule has 1 aromatic rings. The van der Waals surface area contributed by atoms with Crippen molar-refractivity contribution < 1.29 is 0 Å². The highest BCUT2D eigenvalue weighted by molar-refractivity contribution is 9.13. The fourth-order valence-electron chi connectivity index (χ4n) is 1.60. The molecule has 0 spiro atoms. The minimum absolute atomic E-state index is 0.971. The SMILES string of the molecule is Brc1ccc(CNCCC2CC2)cc1Br. The first kappa shape index (κ1) is 11.6. The molecule has 3 heteroatoms. The largest absolute Gasteiger partial charge is 0.313 e. The normalized spacial score (nSPS) is 15.6. The van der Waals surface area contributed by atoms with Crippen molar-refractivity contribution in [2.24, 2.45) is 5.92 Å². The van der Waals surface area contributed by atoms with Crippen molar-refractivity contribution in [3.05, 3.63) is 32.7 Å². The standard InChI is InChI=1S/C12H15Br2N/c13-11-4-3-10(7-12(11)14)8-15-6-5-9-1-2-9/h3-4,7,9,15H,1-2,5-6,8H2. The van der Waals surface area contributed by atoms with E-state index in [0.717, 1.165) is 28.0 Å². The third-order valence-electron chi connectivity index (χ3n) is 2.74. The van der Waals surface area contributed by atoms with E-state index < -0.39 is 0 Å². The summed E-state index contributed by atoms with van der Waals surface area (Å²) in [5.41, 5.74) is 1.33. The monoisotopic (exact) mass is 331 g/mol. The van der Waals surface area contributed by atoms with Gasteiger partial charge >= 0.3 is 0 Å². The fourth-order valence-corrected chi connectivity index (χ4v) is 2.27. The van der Waals surface area contributed by atoms with Crippen molar-refractivity contribution in [1.29, 1.82) is 0 Å². The van der Waals surface area contributed by atoms with E-state index in [1.807, 2.05) is 0 Å². The highest BCUT2D eigenvalue weighted by Gasteiger charge is 2.19. The number of rotatable bonds is 5. The Morgan fingerprint density at radius 1 is 1.20 bits per heavy atom. The van der Waals surface area contributed by atoms with Gasteiger partial charge < -0.3 is 5.32 Å². The molecule has 1 N–H and O–H groups in total. The van der Waals surface area contributed by atoms with Gasteiger partial charge in [-0.05, 0) is 68.4 Å². The predicted octanol–water partition coefficient (Wildman–Crippen LogP) is 4.10. The molecule has 0 bridgehead atoms. The van der Waals surface area contributed by atoms with Crippen LogP contribution in [0.2, 0.25) is 0 Å². The van der Waals surface area contributed by atoms with Gasteiger partial charge in [0.1, 0.15) is 0 Å². The summed E-state index contributed by atoms with van der Waals surface area (Å²) < 4.78 is 2.24. The molecule has 0 heterocycles. The lowest BCUT2D eigenvalue weighted by Gasteiger charge is -2.05. The summed E-state index contributed by atoms with van der Waals surface area (Å²) in [7, 11) is 0. The van der Waals surface area contributed by atoms with Crippen LogP contribution in [0.5, 0.6) is 0 Å². The third-order valence-corrected chi connectivity index (χ3v) is 4.62. The average Bonchev–Trinajstić information content (AvgIpc) is 3.02. The van der Waals surface area contributed by atoms with Gasteiger partial charge in [-0.15, -0.1) is 0 Å². The van der Waals surface area contributed by atoms with E-state index in [1.165, 1.54) is 24.8 Å². The summed E-state index contributed by atoms with van der Waals surface area (Å²) in [6, 6.07) is 6.40. The molecule has 0 atom stereocenters. The van der Waals surface area contributed by atoms with E-state index in [-0.39, 0.29) is 0 Å². The maximum Gasteiger partial charge on any atom is 0.0320 e. The molecule has 1 aliphatic carbocycles. The minimum atomic E-state index is 0.971. The number of benzene rings is 1. The second-order valence-corrected chi connectivity index (χ2v) is 5.87. The molecule has 1 nitrogen and oxygen atoms in total. The van der Waals surface area contributed by atoms with E-state index >= 15 is 0 Å². The van der Waals surface area contributed by atoms with Crippen LogP contribution in [0.3, 0.4) is 0 Å². The first-order valence-corrected chi connectivity index (χ1v) is 6.99. The van der Waals surface area contributed by atoms with Crippen LogP contribution in [-0.2, 0) is 6.54 Å². The van der Waals surface area contributed by atoms with Crippen LogP contribution in [0.25, 0.3) is 0 Å². The molecule has 82 valence electrons. The Hall–Kier alpha value is 0.140. The van der Waals surface area contributed by atoms with E-state index in [2.05, 4.69) is 55.4 Å². The van der Waals surface area contributed by atoms with E-state index in [9.17, 15) is 0 Å². The van der Waals surface area contributed by atoms with E-state index in [0.29, 0.717) is 0 Å². The number of hydrogen-bond donors (Lipinski definition) is 1. The van der Waals surface area contributed by atoms with Crippen molar-refractivity contribution in [1.82, 2.24) is 5.32 Å². The van der Waals surface area contributed by atoms with Crippen LogP contribution in [0.15, 0.2) is 27.1 Å². The second-order valence-electron chi connectivity index (χ2n) is 4.16. The molecule has 0 aliphatic heterocycles. The lowest BCUT2D eigenvalue weighted by Crippen LogP contribution is -2.15. The molecule has 0 aromatic heterocycles. The van der Waals surface area contributed by atoms with Gasteiger partial charge in [0.2, 0.25) is 0 Å². The molecule has 1 fully saturated rings. The Labute approximate surface area is 108 Å². The summed E-state index contributed by atoms with van der Waals surface area (Å²) >= 11 is 6.98. The summed E-state index contributed by atoms with van der Waals surface area (Å²) in [4.78, 5) is 0. The molecule has 1 aromatic carbocycles. The number of hydrogen-bond acceptors (Lipinski definition) is 1. The molecule has 0 radical (unpaired) electrons. The van der Waals surface area contributed by atoms with Crippen LogP contribution < -0.4 is 5.32 Å². The summed E-state index contributed by atoms with van der Waals surface area (Å²) in [5, 5.41) is 3.48. The molecule has 0 saturated heterocycles. The van der Waals surface area contributed by atoms with Gasteiger partial charge in [-0.2, -0.15) is 0 Å². The van der Waals surface area contributed by atoms with Gasteiger partial charge in [0.15, 0.2) is 0 Å². The molecule has 0 amide bonds. The van der Waals surface area contributed by atoms with Gasteiger partial charge in [0.25, 0.3) is 0 Å². The predicted molar refractivity (Wildman–Crippen MR) is 70.9 cm³/mol. The van der Waals surface area contributed by atoms with Crippen molar-refractivity contribution in [3.63, 3.8) is 0 Å². The van der Waals surface area contributed by atoms with E-state index in [4.69, 9.17) is 0 Å². The van der Waals surface area contributed by atoms with Crippen molar-refractivity contribution >= 4 is 31.9 Å². The Kier molecular flexibility index (Phi) is 4.23.